The van der Waals surface area contributed by atoms with E-state index in [9.17, 15) is 4.79 Å². The normalized spacial score (nSPS) is 11.1. The molecule has 5 heteroatoms. The Morgan fingerprint density at radius 3 is 2.68 bits per heavy atom. The van der Waals surface area contributed by atoms with Crippen LogP contribution >= 0.6 is 0 Å². The van der Waals surface area contributed by atoms with Crippen molar-refractivity contribution in [2.75, 3.05) is 0 Å². The minimum atomic E-state index is -0.136. The van der Waals surface area contributed by atoms with E-state index in [1.54, 1.807) is 23.2 Å². The van der Waals surface area contributed by atoms with Crippen molar-refractivity contribution in [2.24, 2.45) is 0 Å². The van der Waals surface area contributed by atoms with Gasteiger partial charge in [0.15, 0.2) is 0 Å². The van der Waals surface area contributed by atoms with Crippen molar-refractivity contribution < 1.29 is 0 Å². The van der Waals surface area contributed by atoms with Gasteiger partial charge in [-0.05, 0) is 47.0 Å². The molecule has 134 valence electrons. The molecular formula is C23H16N4O. The first-order valence-electron chi connectivity index (χ1n) is 9.02. The number of hydrogen-bond donors (Lipinski definition) is 0. The average Bonchev–Trinajstić information content (AvgIpc) is 2.76. The van der Waals surface area contributed by atoms with Gasteiger partial charge in [-0.15, -0.1) is 0 Å². The third-order valence-corrected chi connectivity index (χ3v) is 4.85. The summed E-state index contributed by atoms with van der Waals surface area (Å²) in [4.78, 5) is 25.1. The Morgan fingerprint density at radius 1 is 0.786 bits per heavy atom. The van der Waals surface area contributed by atoms with Crippen molar-refractivity contribution in [3.8, 4) is 11.1 Å². The summed E-state index contributed by atoms with van der Waals surface area (Å²) in [6.45, 7) is 0.465. The first-order chi connectivity index (χ1) is 13.8. The maximum atomic E-state index is 12.4. The molecule has 5 aromatic rings. The standard InChI is InChI=1S/C23H16N4O/c28-23-14-26-21-8-10-24-13-22(21)27(23)15-16-3-1-4-17(11-16)18-6-7-20-19(12-18)5-2-9-25-20/h1-14H,15H2. The monoisotopic (exact) mass is 364 g/mol. The quantitative estimate of drug-likeness (QED) is 0.484. The maximum Gasteiger partial charge on any atom is 0.269 e. The Labute approximate surface area is 161 Å². The van der Waals surface area contributed by atoms with Crippen LogP contribution in [0.5, 0.6) is 0 Å². The van der Waals surface area contributed by atoms with Crippen LogP contribution in [0.1, 0.15) is 5.56 Å². The molecule has 0 radical (unpaired) electrons. The minimum absolute atomic E-state index is 0.136. The van der Waals surface area contributed by atoms with Crippen LogP contribution in [0.15, 0.2) is 90.2 Å². The van der Waals surface area contributed by atoms with Gasteiger partial charge in [0.05, 0.1) is 35.5 Å². The number of rotatable bonds is 3. The number of pyridine rings is 2. The lowest BCUT2D eigenvalue weighted by Gasteiger charge is -2.11. The Balaban J connectivity index is 1.56. The van der Waals surface area contributed by atoms with Gasteiger partial charge in [-0.1, -0.05) is 30.3 Å². The predicted octanol–water partition coefficient (Wildman–Crippen LogP) is 4.06. The van der Waals surface area contributed by atoms with E-state index in [-0.39, 0.29) is 5.56 Å². The molecule has 0 unspecified atom stereocenters. The SMILES string of the molecule is O=c1cnc2ccncc2n1Cc1cccc(-c2ccc3ncccc3c2)c1. The molecule has 0 spiro atoms. The molecule has 0 amide bonds. The largest absolute Gasteiger partial charge is 0.300 e. The molecule has 0 aliphatic rings. The van der Waals surface area contributed by atoms with Gasteiger partial charge in [-0.2, -0.15) is 0 Å². The molecule has 0 aliphatic carbocycles. The third kappa shape index (κ3) is 2.93. The number of nitrogens with zero attached hydrogens (tertiary/aromatic N) is 4. The minimum Gasteiger partial charge on any atom is -0.300 e. The van der Waals surface area contributed by atoms with E-state index >= 15 is 0 Å². The van der Waals surface area contributed by atoms with Crippen LogP contribution in [0.2, 0.25) is 0 Å². The van der Waals surface area contributed by atoms with Gasteiger partial charge < -0.3 is 0 Å². The van der Waals surface area contributed by atoms with Crippen LogP contribution in [0, 0.1) is 0 Å². The van der Waals surface area contributed by atoms with Gasteiger partial charge in [0.25, 0.3) is 5.56 Å². The van der Waals surface area contributed by atoms with E-state index in [2.05, 4.69) is 45.3 Å². The van der Waals surface area contributed by atoms with Crippen LogP contribution in [-0.2, 0) is 6.54 Å². The molecular weight excluding hydrogens is 348 g/mol. The highest BCUT2D eigenvalue weighted by atomic mass is 16.1. The van der Waals surface area contributed by atoms with E-state index in [0.717, 1.165) is 38.6 Å². The van der Waals surface area contributed by atoms with E-state index in [4.69, 9.17) is 0 Å². The van der Waals surface area contributed by atoms with Gasteiger partial charge in [0, 0.05) is 17.8 Å². The highest BCUT2D eigenvalue weighted by molar-refractivity contribution is 5.84. The second kappa shape index (κ2) is 6.70. The van der Waals surface area contributed by atoms with E-state index < -0.39 is 0 Å². The van der Waals surface area contributed by atoms with Gasteiger partial charge in [-0.25, -0.2) is 4.98 Å². The third-order valence-electron chi connectivity index (χ3n) is 4.85. The zero-order valence-corrected chi connectivity index (χ0v) is 15.0. The van der Waals surface area contributed by atoms with Crippen molar-refractivity contribution in [3.63, 3.8) is 0 Å². The Kier molecular flexibility index (Phi) is 3.91. The summed E-state index contributed by atoms with van der Waals surface area (Å²) < 4.78 is 1.71. The lowest BCUT2D eigenvalue weighted by atomic mass is 10.0. The van der Waals surface area contributed by atoms with Crippen LogP contribution in [0.4, 0.5) is 0 Å². The molecule has 28 heavy (non-hydrogen) atoms. The zero-order chi connectivity index (χ0) is 18.9. The van der Waals surface area contributed by atoms with Crippen molar-refractivity contribution in [3.05, 3.63) is 101 Å². The Bertz CT molecular complexity index is 1370. The van der Waals surface area contributed by atoms with Crippen molar-refractivity contribution in [1.82, 2.24) is 19.5 Å². The van der Waals surface area contributed by atoms with E-state index in [1.807, 2.05) is 30.3 Å². The molecule has 0 saturated carbocycles. The highest BCUT2D eigenvalue weighted by Crippen LogP contribution is 2.24. The van der Waals surface area contributed by atoms with Crippen molar-refractivity contribution in [2.45, 2.75) is 6.54 Å². The number of aromatic nitrogens is 4. The molecule has 0 atom stereocenters. The topological polar surface area (TPSA) is 60.7 Å². The molecule has 0 fully saturated rings. The van der Waals surface area contributed by atoms with Crippen molar-refractivity contribution in [1.29, 1.82) is 0 Å². The summed E-state index contributed by atoms with van der Waals surface area (Å²) in [6.07, 6.45) is 6.53. The van der Waals surface area contributed by atoms with E-state index in [1.165, 1.54) is 6.20 Å². The molecule has 3 aromatic heterocycles. The Morgan fingerprint density at radius 2 is 1.71 bits per heavy atom. The fourth-order valence-electron chi connectivity index (χ4n) is 3.46. The van der Waals surface area contributed by atoms with Gasteiger partial charge >= 0.3 is 0 Å². The molecule has 3 heterocycles. The maximum absolute atomic E-state index is 12.4. The molecule has 0 saturated heterocycles. The fraction of sp³-hybridized carbons (Fsp3) is 0.0435. The summed E-state index contributed by atoms with van der Waals surface area (Å²) in [5.74, 6) is 0. The summed E-state index contributed by atoms with van der Waals surface area (Å²) in [6, 6.07) is 20.3. The highest BCUT2D eigenvalue weighted by Gasteiger charge is 2.07. The molecule has 5 rings (SSSR count). The number of fused-ring (bicyclic) bond motifs is 2. The number of benzene rings is 2. The zero-order valence-electron chi connectivity index (χ0n) is 15.0. The second-order valence-corrected chi connectivity index (χ2v) is 6.66. The van der Waals surface area contributed by atoms with Crippen LogP contribution in [0.3, 0.4) is 0 Å². The summed E-state index contributed by atoms with van der Waals surface area (Å²) in [5, 5.41) is 1.10. The average molecular weight is 364 g/mol. The summed E-state index contributed by atoms with van der Waals surface area (Å²) in [7, 11) is 0. The molecule has 2 aromatic carbocycles. The fourth-order valence-corrected chi connectivity index (χ4v) is 3.46. The summed E-state index contributed by atoms with van der Waals surface area (Å²) >= 11 is 0. The van der Waals surface area contributed by atoms with Crippen LogP contribution in [0.25, 0.3) is 33.1 Å². The van der Waals surface area contributed by atoms with Gasteiger partial charge in [0.1, 0.15) is 0 Å². The molecule has 5 nitrogen and oxygen atoms in total. The second-order valence-electron chi connectivity index (χ2n) is 6.66. The predicted molar refractivity (Wildman–Crippen MR) is 110 cm³/mol. The van der Waals surface area contributed by atoms with Crippen LogP contribution < -0.4 is 5.56 Å². The molecule has 0 bridgehead atoms. The van der Waals surface area contributed by atoms with Gasteiger partial charge in [-0.3, -0.25) is 19.3 Å². The first kappa shape index (κ1) is 16.3. The molecule has 0 aliphatic heterocycles. The first-order valence-corrected chi connectivity index (χ1v) is 9.02. The van der Waals surface area contributed by atoms with Crippen molar-refractivity contribution >= 4 is 21.9 Å². The smallest absolute Gasteiger partial charge is 0.269 e. The van der Waals surface area contributed by atoms with Gasteiger partial charge in [0.2, 0.25) is 0 Å². The van der Waals surface area contributed by atoms with Crippen LogP contribution in [-0.4, -0.2) is 19.5 Å². The van der Waals surface area contributed by atoms with E-state index in [0.29, 0.717) is 6.54 Å². The summed E-state index contributed by atoms with van der Waals surface area (Å²) in [5.41, 5.74) is 5.60. The molecule has 0 N–H and O–H groups in total. The Hall–Kier alpha value is -3.86. The number of hydrogen-bond acceptors (Lipinski definition) is 4. The lowest BCUT2D eigenvalue weighted by molar-refractivity contribution is 0.785. The lowest BCUT2D eigenvalue weighted by Crippen LogP contribution is -2.21.